The minimum Gasteiger partial charge on any atom is -0.366 e. The highest BCUT2D eigenvalue weighted by molar-refractivity contribution is 6.33. The zero-order valence-electron chi connectivity index (χ0n) is 21.1. The fourth-order valence-electron chi connectivity index (χ4n) is 4.90. The van der Waals surface area contributed by atoms with Crippen LogP contribution in [0.5, 0.6) is 0 Å². The van der Waals surface area contributed by atoms with Crippen molar-refractivity contribution in [2.45, 2.75) is 39.2 Å². The summed E-state index contributed by atoms with van der Waals surface area (Å²) in [6.45, 7) is 10.8. The van der Waals surface area contributed by atoms with Crippen LogP contribution in [-0.4, -0.2) is 52.1 Å². The van der Waals surface area contributed by atoms with Crippen LogP contribution in [0.2, 0.25) is 5.02 Å². The first kappa shape index (κ1) is 25.1. The Hall–Kier alpha value is -3.58. The minimum absolute atomic E-state index is 0.0508. The summed E-state index contributed by atoms with van der Waals surface area (Å²) in [5.41, 5.74) is 5.81. The molecule has 0 bridgehead atoms. The van der Waals surface area contributed by atoms with Gasteiger partial charge in [0.15, 0.2) is 0 Å². The summed E-state index contributed by atoms with van der Waals surface area (Å²) in [4.78, 5) is 11.6. The topological polar surface area (TPSA) is 68.5 Å². The normalized spacial score (nSPS) is 18.3. The molecule has 190 valence electrons. The van der Waals surface area contributed by atoms with E-state index in [-0.39, 0.29) is 17.3 Å². The Kier molecular flexibility index (Phi) is 7.07. The van der Waals surface area contributed by atoms with Gasteiger partial charge in [0.2, 0.25) is 0 Å². The number of halogens is 2. The highest BCUT2D eigenvalue weighted by atomic mass is 35.5. The van der Waals surface area contributed by atoms with E-state index in [1.807, 2.05) is 18.3 Å². The molecule has 6 nitrogen and oxygen atoms in total. The Morgan fingerprint density at radius 1 is 1.19 bits per heavy atom. The first-order valence-corrected chi connectivity index (χ1v) is 12.9. The quantitative estimate of drug-likeness (QED) is 0.380. The smallest absolute Gasteiger partial charge is 0.132 e. The maximum atomic E-state index is 14.3. The van der Waals surface area contributed by atoms with Crippen molar-refractivity contribution < 1.29 is 4.39 Å². The lowest BCUT2D eigenvalue weighted by molar-refractivity contribution is 0.198. The number of hydrogen-bond acceptors (Lipinski definition) is 6. The van der Waals surface area contributed by atoms with Crippen molar-refractivity contribution >= 4 is 45.3 Å². The lowest BCUT2D eigenvalue weighted by atomic mass is 10.00. The van der Waals surface area contributed by atoms with E-state index in [1.165, 1.54) is 30.2 Å². The van der Waals surface area contributed by atoms with Gasteiger partial charge in [-0.3, -0.25) is 15.4 Å². The Morgan fingerprint density at radius 2 is 2.03 bits per heavy atom. The summed E-state index contributed by atoms with van der Waals surface area (Å²) in [7, 11) is 0. The van der Waals surface area contributed by atoms with Crippen molar-refractivity contribution in [1.29, 1.82) is 5.41 Å². The number of nitrogens with zero attached hydrogens (tertiary/aromatic N) is 5. The van der Waals surface area contributed by atoms with E-state index < -0.39 is 5.82 Å². The van der Waals surface area contributed by atoms with Gasteiger partial charge in [-0.15, -0.1) is 0 Å². The molecule has 1 aliphatic carbocycles. The molecule has 1 unspecified atom stereocenters. The second-order valence-corrected chi connectivity index (χ2v) is 10.1. The minimum atomic E-state index is -0.520. The highest BCUT2D eigenvalue weighted by Crippen LogP contribution is 2.26. The van der Waals surface area contributed by atoms with Crippen LogP contribution in [-0.2, 0) is 0 Å². The number of piperazine rings is 1. The molecule has 1 aromatic carbocycles. The van der Waals surface area contributed by atoms with Gasteiger partial charge < -0.3 is 4.90 Å². The summed E-state index contributed by atoms with van der Waals surface area (Å²) in [5.74, 6) is -0.520. The number of anilines is 1. The van der Waals surface area contributed by atoms with Gasteiger partial charge in [-0.2, -0.15) is 5.10 Å². The monoisotopic (exact) mass is 516 g/mol. The summed E-state index contributed by atoms with van der Waals surface area (Å²) >= 11 is 6.02. The second kappa shape index (κ2) is 10.4. The molecule has 0 radical (unpaired) electrons. The van der Waals surface area contributed by atoms with Gasteiger partial charge in [0.05, 0.1) is 52.6 Å². The average Bonchev–Trinajstić information content (AvgIpc) is 3.45. The predicted octanol–water partition coefficient (Wildman–Crippen LogP) is 6.50. The number of hydrazone groups is 1. The van der Waals surface area contributed by atoms with Crippen LogP contribution in [0.3, 0.4) is 0 Å². The number of allylic oxidation sites excluding steroid dienone is 3. The summed E-state index contributed by atoms with van der Waals surface area (Å²) in [6.07, 6.45) is 7.69. The molecule has 1 N–H and O–H groups in total. The van der Waals surface area contributed by atoms with Crippen LogP contribution >= 0.6 is 11.6 Å². The summed E-state index contributed by atoms with van der Waals surface area (Å²) in [5, 5.41) is 16.0. The third kappa shape index (κ3) is 5.27. The lowest BCUT2D eigenvalue weighted by Gasteiger charge is -2.39. The number of rotatable bonds is 6. The van der Waals surface area contributed by atoms with E-state index in [4.69, 9.17) is 27.1 Å². The summed E-state index contributed by atoms with van der Waals surface area (Å²) < 4.78 is 14.3. The van der Waals surface area contributed by atoms with Crippen molar-refractivity contribution in [3.63, 3.8) is 0 Å². The molecule has 3 heterocycles. The van der Waals surface area contributed by atoms with Crippen LogP contribution in [0.25, 0.3) is 16.6 Å². The van der Waals surface area contributed by atoms with Crippen LogP contribution in [0.1, 0.15) is 44.4 Å². The van der Waals surface area contributed by atoms with E-state index in [1.54, 1.807) is 6.07 Å². The van der Waals surface area contributed by atoms with E-state index in [0.29, 0.717) is 21.8 Å². The van der Waals surface area contributed by atoms with Crippen LogP contribution in [0, 0.1) is 11.2 Å². The molecule has 8 heteroatoms. The van der Waals surface area contributed by atoms with Gasteiger partial charge in [0.25, 0.3) is 0 Å². The number of pyridine rings is 2. The fourth-order valence-corrected chi connectivity index (χ4v) is 5.08. The number of benzene rings is 1. The zero-order chi connectivity index (χ0) is 26.1. The maximum Gasteiger partial charge on any atom is 0.132 e. The molecule has 0 saturated carbocycles. The molecule has 1 fully saturated rings. The molecule has 3 aromatic rings. The standard InChI is InChI=1S/C29H30ClFN6/c1-18-17-36(12-13-37(18)35-20(3)21-6-4-5-7-21)23-15-28-27(33-16-23)11-10-26(34-28)19(2)29(32)24-14-22(30)8-9-25(24)31/h6,8-11,14-16,18,32H,2,4-5,7,12-13,17H2,1,3H3/b32-29?,35-20+. The van der Waals surface area contributed by atoms with Gasteiger partial charge in [-0.1, -0.05) is 24.3 Å². The van der Waals surface area contributed by atoms with Gasteiger partial charge in [-0.25, -0.2) is 9.37 Å². The van der Waals surface area contributed by atoms with Crippen LogP contribution < -0.4 is 4.90 Å². The Morgan fingerprint density at radius 3 is 2.78 bits per heavy atom. The van der Waals surface area contributed by atoms with Gasteiger partial charge in [-0.05, 0) is 75.1 Å². The first-order chi connectivity index (χ1) is 17.8. The predicted molar refractivity (Wildman–Crippen MR) is 150 cm³/mol. The molecule has 1 atom stereocenters. The Labute approximate surface area is 221 Å². The SMILES string of the molecule is C=C(C(=N)c1cc(Cl)ccc1F)c1ccc2ncc(N3CCN(/N=C(\C)C4=CCCC4)C(C)C3)cc2n1. The fraction of sp³-hybridized carbons (Fsp3) is 0.310. The number of fused-ring (bicyclic) bond motifs is 1. The molecule has 5 rings (SSSR count). The third-order valence-corrected chi connectivity index (χ3v) is 7.31. The molecule has 2 aromatic heterocycles. The van der Waals surface area contributed by atoms with Crippen molar-refractivity contribution in [2.75, 3.05) is 24.5 Å². The molecule has 37 heavy (non-hydrogen) atoms. The zero-order valence-corrected chi connectivity index (χ0v) is 21.9. The van der Waals surface area contributed by atoms with Gasteiger partial charge >= 0.3 is 0 Å². The van der Waals surface area contributed by atoms with Gasteiger partial charge in [0, 0.05) is 29.2 Å². The lowest BCUT2D eigenvalue weighted by Crippen LogP contribution is -2.50. The maximum absolute atomic E-state index is 14.3. The third-order valence-electron chi connectivity index (χ3n) is 7.07. The van der Waals surface area contributed by atoms with E-state index >= 15 is 0 Å². The number of nitrogens with one attached hydrogen (secondary N) is 1. The Bertz CT molecular complexity index is 1450. The van der Waals surface area contributed by atoms with E-state index in [9.17, 15) is 4.39 Å². The first-order valence-electron chi connectivity index (χ1n) is 12.6. The molecular formula is C29H30ClFN6. The average molecular weight is 517 g/mol. The van der Waals surface area contributed by atoms with Crippen LogP contribution in [0.15, 0.2) is 65.9 Å². The highest BCUT2D eigenvalue weighted by Gasteiger charge is 2.24. The molecule has 2 aliphatic rings. The van der Waals surface area contributed by atoms with E-state index in [0.717, 1.165) is 49.4 Å². The van der Waals surface area contributed by atoms with E-state index in [2.05, 4.69) is 41.4 Å². The van der Waals surface area contributed by atoms with Crippen molar-refractivity contribution in [3.05, 3.63) is 82.9 Å². The molecular weight excluding hydrogens is 487 g/mol. The van der Waals surface area contributed by atoms with Crippen molar-refractivity contribution in [3.8, 4) is 0 Å². The van der Waals surface area contributed by atoms with Crippen LogP contribution in [0.4, 0.5) is 10.1 Å². The second-order valence-electron chi connectivity index (χ2n) is 9.67. The largest absolute Gasteiger partial charge is 0.366 e. The number of hydrogen-bond donors (Lipinski definition) is 1. The van der Waals surface area contributed by atoms with Crippen molar-refractivity contribution in [1.82, 2.24) is 15.0 Å². The molecule has 1 aliphatic heterocycles. The van der Waals surface area contributed by atoms with Gasteiger partial charge in [0.1, 0.15) is 5.82 Å². The Balaban J connectivity index is 1.34. The molecule has 1 saturated heterocycles. The summed E-state index contributed by atoms with van der Waals surface area (Å²) in [6, 6.07) is 10.0. The number of aromatic nitrogens is 2. The molecule has 0 amide bonds. The van der Waals surface area contributed by atoms with Crippen molar-refractivity contribution in [2.24, 2.45) is 5.10 Å². The molecule has 0 spiro atoms.